The van der Waals surface area contributed by atoms with Crippen LogP contribution in [0.4, 0.5) is 13.2 Å². The zero-order chi connectivity index (χ0) is 20.5. The number of nitrogens with one attached hydrogen (secondary N) is 1. The van der Waals surface area contributed by atoms with Crippen molar-refractivity contribution in [1.29, 1.82) is 0 Å². The molecule has 2 aliphatic rings. The number of carbonyl (C=O) groups excluding carboxylic acids is 2. The van der Waals surface area contributed by atoms with Gasteiger partial charge in [-0.2, -0.15) is 13.2 Å². The maximum atomic E-state index is 14.1. The summed E-state index contributed by atoms with van der Waals surface area (Å²) in [5.41, 5.74) is -2.98. The van der Waals surface area contributed by atoms with E-state index in [1.165, 1.54) is 13.8 Å². The number of hydrogen-bond donors (Lipinski definition) is 1. The summed E-state index contributed by atoms with van der Waals surface area (Å²) >= 11 is 0. The largest absolute Gasteiger partial charge is 0.442 e. The van der Waals surface area contributed by atoms with Gasteiger partial charge in [-0.25, -0.2) is 4.99 Å². The summed E-state index contributed by atoms with van der Waals surface area (Å²) in [7, 11) is 0. The van der Waals surface area contributed by atoms with Crippen molar-refractivity contribution in [1.82, 2.24) is 10.2 Å². The molecule has 0 radical (unpaired) electrons. The molecule has 6 nitrogen and oxygen atoms in total. The van der Waals surface area contributed by atoms with Crippen molar-refractivity contribution in [2.75, 3.05) is 13.2 Å². The zero-order valence-corrected chi connectivity index (χ0v) is 15.6. The lowest BCUT2D eigenvalue weighted by Gasteiger charge is -2.30. The summed E-state index contributed by atoms with van der Waals surface area (Å²) < 4.78 is 47.7. The van der Waals surface area contributed by atoms with Gasteiger partial charge in [0, 0.05) is 18.1 Å². The van der Waals surface area contributed by atoms with E-state index in [0.717, 1.165) is 11.3 Å². The maximum absolute atomic E-state index is 14.1. The minimum absolute atomic E-state index is 0.0536. The van der Waals surface area contributed by atoms with Crippen LogP contribution in [0, 0.1) is 5.92 Å². The van der Waals surface area contributed by atoms with Crippen LogP contribution in [-0.4, -0.2) is 53.6 Å². The van der Waals surface area contributed by atoms with E-state index in [-0.39, 0.29) is 18.5 Å². The summed E-state index contributed by atoms with van der Waals surface area (Å²) in [4.78, 5) is 29.9. The Balaban J connectivity index is 2.07. The number of aliphatic imine (C=N–C) groups is 1. The monoisotopic (exact) mass is 397 g/mol. The minimum Gasteiger partial charge on any atom is -0.376 e. The molecule has 2 amide bonds. The summed E-state index contributed by atoms with van der Waals surface area (Å²) in [6, 6.07) is 8.15. The summed E-state index contributed by atoms with van der Waals surface area (Å²) in [6.45, 7) is 3.34. The second kappa shape index (κ2) is 7.54. The molecule has 1 N–H and O–H groups in total. The normalized spacial score (nSPS) is 25.4. The van der Waals surface area contributed by atoms with Gasteiger partial charge in [0.25, 0.3) is 5.91 Å². The Morgan fingerprint density at radius 2 is 2.04 bits per heavy atom. The molecule has 2 heterocycles. The summed E-state index contributed by atoms with van der Waals surface area (Å²) in [6.07, 6.45) is -4.05. The predicted octanol–water partition coefficient (Wildman–Crippen LogP) is 2.49. The van der Waals surface area contributed by atoms with Gasteiger partial charge in [0.2, 0.25) is 5.91 Å². The van der Waals surface area contributed by atoms with Crippen LogP contribution in [0.5, 0.6) is 0 Å². The van der Waals surface area contributed by atoms with Crippen molar-refractivity contribution < 1.29 is 27.5 Å². The average molecular weight is 397 g/mol. The fourth-order valence-electron chi connectivity index (χ4n) is 3.19. The fraction of sp³-hybridized carbons (Fsp3) is 0.526. The quantitative estimate of drug-likeness (QED) is 0.830. The second-order valence-corrected chi connectivity index (χ2v) is 7.20. The first-order valence-electron chi connectivity index (χ1n) is 9.13. The minimum atomic E-state index is -5.10. The smallest absolute Gasteiger partial charge is 0.376 e. The lowest BCUT2D eigenvalue weighted by atomic mass is 10.1. The first-order chi connectivity index (χ1) is 13.2. The van der Waals surface area contributed by atoms with Gasteiger partial charge in [0.05, 0.1) is 12.6 Å². The first kappa shape index (κ1) is 20.3. The molecule has 2 aliphatic heterocycles. The molecule has 0 saturated carbocycles. The van der Waals surface area contributed by atoms with E-state index in [2.05, 4.69) is 4.99 Å². The highest BCUT2D eigenvalue weighted by molar-refractivity contribution is 6.16. The molecule has 28 heavy (non-hydrogen) atoms. The van der Waals surface area contributed by atoms with Gasteiger partial charge in [-0.3, -0.25) is 14.5 Å². The Labute approximate surface area is 160 Å². The van der Waals surface area contributed by atoms with Gasteiger partial charge >= 0.3 is 11.8 Å². The van der Waals surface area contributed by atoms with Crippen LogP contribution in [-0.2, 0) is 14.3 Å². The average Bonchev–Trinajstić information content (AvgIpc) is 3.24. The highest BCUT2D eigenvalue weighted by Gasteiger charge is 2.67. The molecule has 1 aromatic carbocycles. The van der Waals surface area contributed by atoms with Gasteiger partial charge in [-0.05, 0) is 12.8 Å². The number of halogens is 3. The number of amides is 2. The highest BCUT2D eigenvalue weighted by atomic mass is 19.4. The molecule has 0 aromatic heterocycles. The van der Waals surface area contributed by atoms with E-state index in [0.29, 0.717) is 18.6 Å². The molecular formula is C19H22F3N3O3. The molecule has 1 saturated heterocycles. The van der Waals surface area contributed by atoms with Crippen LogP contribution < -0.4 is 5.32 Å². The van der Waals surface area contributed by atoms with Crippen molar-refractivity contribution in [3.8, 4) is 0 Å². The Morgan fingerprint density at radius 1 is 1.36 bits per heavy atom. The van der Waals surface area contributed by atoms with Crippen LogP contribution in [0.3, 0.4) is 0 Å². The van der Waals surface area contributed by atoms with Crippen molar-refractivity contribution in [2.45, 2.75) is 44.6 Å². The van der Waals surface area contributed by atoms with Crippen molar-refractivity contribution in [2.24, 2.45) is 10.9 Å². The third kappa shape index (κ3) is 3.63. The van der Waals surface area contributed by atoms with Gasteiger partial charge in [0.15, 0.2) is 0 Å². The molecule has 9 heteroatoms. The number of rotatable bonds is 5. The SMILES string of the molecule is CC(C)C(=O)NC1(C(F)(F)F)N=C(c2ccccc2)N(CC2CCCO2)C1=O. The second-order valence-electron chi connectivity index (χ2n) is 7.20. The number of alkyl halides is 3. The topological polar surface area (TPSA) is 71.0 Å². The lowest BCUT2D eigenvalue weighted by molar-refractivity contribution is -0.200. The van der Waals surface area contributed by atoms with Gasteiger partial charge in [-0.15, -0.1) is 0 Å². The standard InChI is InChI=1S/C19H22F3N3O3/c1-12(2)16(26)24-18(19(20,21)22)17(27)25(11-14-9-6-10-28-14)15(23-18)13-7-4-3-5-8-13/h3-5,7-8,12,14H,6,9-11H2,1-2H3,(H,24,26). The van der Waals surface area contributed by atoms with Gasteiger partial charge < -0.3 is 10.1 Å². The lowest BCUT2D eigenvalue weighted by Crippen LogP contribution is -2.64. The predicted molar refractivity (Wildman–Crippen MR) is 95.4 cm³/mol. The number of benzene rings is 1. The Bertz CT molecular complexity index is 774. The third-order valence-electron chi connectivity index (χ3n) is 4.76. The van der Waals surface area contributed by atoms with Gasteiger partial charge in [0.1, 0.15) is 5.84 Å². The maximum Gasteiger partial charge on any atom is 0.442 e. The first-order valence-corrected chi connectivity index (χ1v) is 9.13. The molecule has 1 fully saturated rings. The fourth-order valence-corrected chi connectivity index (χ4v) is 3.19. The summed E-state index contributed by atoms with van der Waals surface area (Å²) in [5.74, 6) is -3.08. The van der Waals surface area contributed by atoms with Crippen molar-refractivity contribution in [3.63, 3.8) is 0 Å². The van der Waals surface area contributed by atoms with Crippen LogP contribution in [0.25, 0.3) is 0 Å². The van der Waals surface area contributed by atoms with Crippen LogP contribution in [0.15, 0.2) is 35.3 Å². The Morgan fingerprint density at radius 3 is 2.57 bits per heavy atom. The molecule has 0 aliphatic carbocycles. The molecule has 2 atom stereocenters. The molecular weight excluding hydrogens is 375 g/mol. The number of carbonyl (C=O) groups is 2. The van der Waals surface area contributed by atoms with E-state index in [9.17, 15) is 22.8 Å². The highest BCUT2D eigenvalue weighted by Crippen LogP contribution is 2.39. The van der Waals surface area contributed by atoms with Crippen LogP contribution >= 0.6 is 0 Å². The number of hydrogen-bond acceptors (Lipinski definition) is 4. The molecule has 3 rings (SSSR count). The van der Waals surface area contributed by atoms with E-state index in [1.54, 1.807) is 30.3 Å². The van der Waals surface area contributed by atoms with E-state index in [4.69, 9.17) is 4.74 Å². The van der Waals surface area contributed by atoms with Crippen molar-refractivity contribution >= 4 is 17.6 Å². The van der Waals surface area contributed by atoms with E-state index >= 15 is 0 Å². The molecule has 152 valence electrons. The number of amidine groups is 1. The number of ether oxygens (including phenoxy) is 1. The third-order valence-corrected chi connectivity index (χ3v) is 4.76. The molecule has 0 spiro atoms. The van der Waals surface area contributed by atoms with Crippen LogP contribution in [0.1, 0.15) is 32.3 Å². The molecule has 1 aromatic rings. The van der Waals surface area contributed by atoms with E-state index < -0.39 is 29.6 Å². The van der Waals surface area contributed by atoms with Crippen LogP contribution in [0.2, 0.25) is 0 Å². The number of nitrogens with zero attached hydrogens (tertiary/aromatic N) is 2. The Kier molecular flexibility index (Phi) is 5.47. The zero-order valence-electron chi connectivity index (χ0n) is 15.6. The van der Waals surface area contributed by atoms with Gasteiger partial charge in [-0.1, -0.05) is 44.2 Å². The molecule has 2 unspecified atom stereocenters. The van der Waals surface area contributed by atoms with Crippen molar-refractivity contribution in [3.05, 3.63) is 35.9 Å². The van der Waals surface area contributed by atoms with E-state index in [1.807, 2.05) is 5.32 Å². The Hall–Kier alpha value is -2.42. The molecule has 0 bridgehead atoms. The summed E-state index contributed by atoms with van der Waals surface area (Å²) in [5, 5.41) is 1.85.